The molecule has 0 aliphatic heterocycles. The summed E-state index contributed by atoms with van der Waals surface area (Å²) in [6, 6.07) is 0. The van der Waals surface area contributed by atoms with Gasteiger partial charge in [0.05, 0.1) is 0 Å². The van der Waals surface area contributed by atoms with E-state index < -0.39 is 0 Å². The van der Waals surface area contributed by atoms with Gasteiger partial charge in [0.25, 0.3) is 0 Å². The Morgan fingerprint density at radius 2 is 1.43 bits per heavy atom. The van der Waals surface area contributed by atoms with Crippen LogP contribution in [0.2, 0.25) is 0 Å². The quantitative estimate of drug-likeness (QED) is 0.560. The van der Waals surface area contributed by atoms with E-state index in [9.17, 15) is 0 Å². The normalized spacial score (nSPS) is 45.3. The Labute approximate surface area is 132 Å². The summed E-state index contributed by atoms with van der Waals surface area (Å²) >= 11 is 0. The van der Waals surface area contributed by atoms with Crippen LogP contribution in [0, 0.1) is 41.4 Å². The van der Waals surface area contributed by atoms with Gasteiger partial charge in [-0.3, -0.25) is 0 Å². The highest BCUT2D eigenvalue weighted by atomic mass is 14.5. The van der Waals surface area contributed by atoms with Crippen LogP contribution < -0.4 is 0 Å². The van der Waals surface area contributed by atoms with Crippen LogP contribution in [0.25, 0.3) is 0 Å². The van der Waals surface area contributed by atoms with E-state index in [0.717, 1.165) is 41.4 Å². The Hall–Kier alpha value is 0. The molecule has 0 aromatic carbocycles. The molecule has 4 aliphatic rings. The van der Waals surface area contributed by atoms with Gasteiger partial charge in [0.15, 0.2) is 0 Å². The second-order valence-corrected chi connectivity index (χ2v) is 9.22. The lowest BCUT2D eigenvalue weighted by atomic mass is 9.67. The summed E-state index contributed by atoms with van der Waals surface area (Å²) in [7, 11) is 0. The maximum Gasteiger partial charge on any atom is -0.0352 e. The van der Waals surface area contributed by atoms with Crippen molar-refractivity contribution in [1.82, 2.24) is 0 Å². The molecule has 0 spiro atoms. The summed E-state index contributed by atoms with van der Waals surface area (Å²) in [5.41, 5.74) is 0. The highest BCUT2D eigenvalue weighted by Crippen LogP contribution is 2.57. The molecule has 0 N–H and O–H groups in total. The first-order valence-corrected chi connectivity index (χ1v) is 10.3. The van der Waals surface area contributed by atoms with Crippen molar-refractivity contribution in [3.8, 4) is 0 Å². The van der Waals surface area contributed by atoms with E-state index in [1.54, 1.807) is 70.6 Å². The lowest BCUT2D eigenvalue weighted by Gasteiger charge is -2.38. The molecule has 0 amide bonds. The first-order valence-electron chi connectivity index (χ1n) is 10.3. The molecule has 0 radical (unpaired) electrons. The van der Waals surface area contributed by atoms with Crippen LogP contribution in [0.3, 0.4) is 0 Å². The van der Waals surface area contributed by atoms with Crippen molar-refractivity contribution in [3.05, 3.63) is 0 Å². The molecular weight excluding hydrogens is 252 g/mol. The van der Waals surface area contributed by atoms with Gasteiger partial charge < -0.3 is 0 Å². The van der Waals surface area contributed by atoms with Crippen molar-refractivity contribution in [3.63, 3.8) is 0 Å². The van der Waals surface area contributed by atoms with E-state index >= 15 is 0 Å². The summed E-state index contributed by atoms with van der Waals surface area (Å²) in [4.78, 5) is 0. The average Bonchev–Trinajstić information content (AvgIpc) is 3.15. The van der Waals surface area contributed by atoms with E-state index in [1.807, 2.05) is 0 Å². The van der Waals surface area contributed by atoms with E-state index in [4.69, 9.17) is 0 Å². The lowest BCUT2D eigenvalue weighted by Crippen LogP contribution is -2.30. The molecule has 0 nitrogen and oxygen atoms in total. The number of hydrogen-bond acceptors (Lipinski definition) is 0. The molecular formula is C21H36. The fourth-order valence-electron chi connectivity index (χ4n) is 7.22. The summed E-state index contributed by atoms with van der Waals surface area (Å²) in [5.74, 6) is 7.85. The third-order valence-electron chi connectivity index (χ3n) is 8.24. The van der Waals surface area contributed by atoms with Gasteiger partial charge in [-0.25, -0.2) is 0 Å². The first kappa shape index (κ1) is 14.6. The lowest BCUT2D eigenvalue weighted by molar-refractivity contribution is 0.114. The van der Waals surface area contributed by atoms with Crippen molar-refractivity contribution >= 4 is 0 Å². The van der Waals surface area contributed by atoms with Crippen LogP contribution in [-0.2, 0) is 0 Å². The topological polar surface area (TPSA) is 0 Å². The molecule has 0 heterocycles. The minimum absolute atomic E-state index is 1.03. The largest absolute Gasteiger partial charge is 0.0622 e. The van der Waals surface area contributed by atoms with Gasteiger partial charge in [0, 0.05) is 0 Å². The van der Waals surface area contributed by atoms with Gasteiger partial charge in [0.2, 0.25) is 0 Å². The molecule has 4 fully saturated rings. The summed E-state index contributed by atoms with van der Waals surface area (Å²) in [6.07, 6.45) is 20.4. The maximum atomic E-state index is 2.60. The Morgan fingerprint density at radius 1 is 0.714 bits per heavy atom. The molecule has 0 bridgehead atoms. The maximum absolute atomic E-state index is 2.60. The van der Waals surface area contributed by atoms with Crippen molar-refractivity contribution in [2.45, 2.75) is 90.4 Å². The molecule has 0 heteroatoms. The predicted molar refractivity (Wildman–Crippen MR) is 90.1 cm³/mol. The molecule has 6 atom stereocenters. The smallest absolute Gasteiger partial charge is 0.0352 e. The zero-order valence-corrected chi connectivity index (χ0v) is 14.2. The van der Waals surface area contributed by atoms with E-state index in [-0.39, 0.29) is 0 Å². The van der Waals surface area contributed by atoms with Gasteiger partial charge in [-0.15, -0.1) is 0 Å². The summed E-state index contributed by atoms with van der Waals surface area (Å²) in [5, 5.41) is 0. The third kappa shape index (κ3) is 2.81. The predicted octanol–water partition coefficient (Wildman–Crippen LogP) is 6.45. The van der Waals surface area contributed by atoms with Crippen molar-refractivity contribution < 1.29 is 0 Å². The van der Waals surface area contributed by atoms with Crippen molar-refractivity contribution in [1.29, 1.82) is 0 Å². The van der Waals surface area contributed by atoms with Crippen LogP contribution >= 0.6 is 0 Å². The summed E-state index contributed by atoms with van der Waals surface area (Å²) in [6.45, 7) is 2.60. The Balaban J connectivity index is 1.41. The van der Waals surface area contributed by atoms with E-state index in [0.29, 0.717) is 0 Å². The van der Waals surface area contributed by atoms with Gasteiger partial charge in [0.1, 0.15) is 0 Å². The molecule has 4 rings (SSSR count). The SMILES string of the molecule is CC(CC1CCCC2C3CCCCC3CC12)C1CCCC1. The highest BCUT2D eigenvalue weighted by molar-refractivity contribution is 4.97. The van der Waals surface area contributed by atoms with Crippen LogP contribution in [-0.4, -0.2) is 0 Å². The van der Waals surface area contributed by atoms with Crippen LogP contribution in [0.1, 0.15) is 90.4 Å². The van der Waals surface area contributed by atoms with Crippen LogP contribution in [0.4, 0.5) is 0 Å². The number of rotatable bonds is 3. The zero-order valence-electron chi connectivity index (χ0n) is 14.2. The van der Waals surface area contributed by atoms with Gasteiger partial charge in [-0.2, -0.15) is 0 Å². The van der Waals surface area contributed by atoms with Crippen LogP contribution in [0.15, 0.2) is 0 Å². The Bertz CT molecular complexity index is 340. The second kappa shape index (κ2) is 6.25. The minimum atomic E-state index is 1.03. The molecule has 4 saturated carbocycles. The molecule has 4 aliphatic carbocycles. The first-order chi connectivity index (χ1) is 10.3. The second-order valence-electron chi connectivity index (χ2n) is 9.22. The Kier molecular flexibility index (Phi) is 4.34. The highest BCUT2D eigenvalue weighted by Gasteiger charge is 2.48. The van der Waals surface area contributed by atoms with Crippen molar-refractivity contribution in [2.75, 3.05) is 0 Å². The van der Waals surface area contributed by atoms with Gasteiger partial charge >= 0.3 is 0 Å². The summed E-state index contributed by atoms with van der Waals surface area (Å²) < 4.78 is 0. The molecule has 0 saturated heterocycles. The Morgan fingerprint density at radius 3 is 2.29 bits per heavy atom. The molecule has 0 aromatic rings. The van der Waals surface area contributed by atoms with E-state index in [1.165, 1.54) is 12.8 Å². The standard InChI is InChI=1S/C21H36/c1-15(16-7-2-3-8-16)13-17-10-6-12-20-19-11-5-4-9-18(19)14-21(17)20/h15-21H,2-14H2,1H3. The van der Waals surface area contributed by atoms with Gasteiger partial charge in [-0.05, 0) is 67.1 Å². The van der Waals surface area contributed by atoms with Crippen LogP contribution in [0.5, 0.6) is 0 Å². The zero-order chi connectivity index (χ0) is 14.2. The minimum Gasteiger partial charge on any atom is -0.0622 e. The fourth-order valence-corrected chi connectivity index (χ4v) is 7.22. The average molecular weight is 289 g/mol. The molecule has 120 valence electrons. The fraction of sp³-hybridized carbons (Fsp3) is 1.00. The monoisotopic (exact) mass is 288 g/mol. The van der Waals surface area contributed by atoms with Crippen molar-refractivity contribution in [2.24, 2.45) is 41.4 Å². The molecule has 21 heavy (non-hydrogen) atoms. The third-order valence-corrected chi connectivity index (χ3v) is 8.24. The van der Waals surface area contributed by atoms with Gasteiger partial charge in [-0.1, -0.05) is 64.7 Å². The molecule has 0 aromatic heterocycles. The van der Waals surface area contributed by atoms with E-state index in [2.05, 4.69) is 6.92 Å². The molecule has 6 unspecified atom stereocenters. The number of hydrogen-bond donors (Lipinski definition) is 0. The number of fused-ring (bicyclic) bond motifs is 3.